The zero-order valence-electron chi connectivity index (χ0n) is 12.6. The van der Waals surface area contributed by atoms with Gasteiger partial charge >= 0.3 is 88.7 Å². The topological polar surface area (TPSA) is 201 Å². The zero-order valence-corrected chi connectivity index (χ0v) is 18.6. The van der Waals surface area contributed by atoms with E-state index in [-0.39, 0.29) is 102 Å². The molecule has 112 valence electrons. The molecule has 0 aromatic rings. The van der Waals surface area contributed by atoms with Crippen molar-refractivity contribution in [3.05, 3.63) is 0 Å². The molecule has 0 atom stereocenters. The van der Waals surface area contributed by atoms with Crippen LogP contribution < -0.4 is 104 Å². The van der Waals surface area contributed by atoms with Crippen LogP contribution in [0.25, 0.3) is 0 Å². The van der Waals surface area contributed by atoms with Crippen LogP contribution in [0, 0.1) is 0 Å². The zero-order chi connectivity index (χ0) is 15.6. The van der Waals surface area contributed by atoms with Crippen molar-refractivity contribution in [2.75, 3.05) is 13.2 Å². The Hall–Kier alpha value is 1.25. The van der Waals surface area contributed by atoms with E-state index in [1.54, 1.807) is 0 Å². The Kier molecular flexibility index (Phi) is 29.2. The summed E-state index contributed by atoms with van der Waals surface area (Å²) in [7, 11) is 0. The largest absolute Gasteiger partial charge is 1.00 e. The molecule has 0 fully saturated rings. The first-order valence-electron chi connectivity index (χ1n) is 4.82. The normalized spacial score (nSPS) is 9.14. The predicted octanol–water partition coefficient (Wildman–Crippen LogP) is -15.9. The Morgan fingerprint density at radius 1 is 0.864 bits per heavy atom. The second-order valence-corrected chi connectivity index (χ2v) is 3.44. The smallest absolute Gasteiger partial charge is 0.550 e. The van der Waals surface area contributed by atoms with E-state index in [2.05, 4.69) is 0 Å². The molecule has 0 aliphatic rings. The van der Waals surface area contributed by atoms with Crippen LogP contribution in [0.2, 0.25) is 0 Å². The molecule has 0 spiro atoms. The summed E-state index contributed by atoms with van der Waals surface area (Å²) >= 11 is 0. The summed E-state index contributed by atoms with van der Waals surface area (Å²) in [5.74, 6) is -5.98. The molecule has 0 aliphatic heterocycles. The molecule has 0 aliphatic carbocycles. The van der Waals surface area contributed by atoms with Crippen LogP contribution in [0.4, 0.5) is 0 Å². The SMILES string of the molecule is O=C([O-])CC(O)(CC(=O)[O-])C(=O)[O-].OCC(O)CO.[Na+].[Na+].[Na+]. The van der Waals surface area contributed by atoms with Gasteiger partial charge in [-0.05, 0) is 0 Å². The van der Waals surface area contributed by atoms with Gasteiger partial charge in [-0.3, -0.25) is 0 Å². The van der Waals surface area contributed by atoms with Gasteiger partial charge in [-0.25, -0.2) is 0 Å². The number of carbonyl (C=O) groups excluding carboxylic acids is 3. The molecule has 0 aromatic heterocycles. The van der Waals surface area contributed by atoms with Gasteiger partial charge in [-0.15, -0.1) is 0 Å². The van der Waals surface area contributed by atoms with Gasteiger partial charge in [-0.2, -0.15) is 0 Å². The van der Waals surface area contributed by atoms with E-state index in [0.29, 0.717) is 0 Å². The second-order valence-electron chi connectivity index (χ2n) is 3.44. The van der Waals surface area contributed by atoms with Crippen LogP contribution in [0.5, 0.6) is 0 Å². The molecule has 0 rings (SSSR count). The van der Waals surface area contributed by atoms with Crippen molar-refractivity contribution < 1.29 is 139 Å². The quantitative estimate of drug-likeness (QED) is 0.319. The Morgan fingerprint density at radius 2 is 1.14 bits per heavy atom. The number of hydrogen-bond donors (Lipinski definition) is 4. The third kappa shape index (κ3) is 19.3. The summed E-state index contributed by atoms with van der Waals surface area (Å²) in [5, 5.41) is 62.9. The number of carboxylic acid groups (broad SMARTS) is 3. The summed E-state index contributed by atoms with van der Waals surface area (Å²) in [4.78, 5) is 30.0. The van der Waals surface area contributed by atoms with Crippen molar-refractivity contribution in [2.45, 2.75) is 24.5 Å². The maximum Gasteiger partial charge on any atom is 1.00 e. The molecule has 0 unspecified atom stereocenters. The number of rotatable bonds is 7. The van der Waals surface area contributed by atoms with Crippen LogP contribution in [-0.2, 0) is 14.4 Å². The van der Waals surface area contributed by atoms with Crippen LogP contribution in [-0.4, -0.2) is 63.3 Å². The van der Waals surface area contributed by atoms with E-state index >= 15 is 0 Å². The number of carbonyl (C=O) groups is 3. The van der Waals surface area contributed by atoms with E-state index in [9.17, 15) is 29.7 Å². The van der Waals surface area contributed by atoms with Crippen LogP contribution in [0.15, 0.2) is 0 Å². The molecule has 0 saturated heterocycles. The van der Waals surface area contributed by atoms with Crippen LogP contribution in [0.1, 0.15) is 12.8 Å². The molecule has 0 aromatic carbocycles. The van der Waals surface area contributed by atoms with E-state index in [4.69, 9.17) is 20.4 Å². The van der Waals surface area contributed by atoms with Crippen molar-refractivity contribution in [3.8, 4) is 0 Å². The van der Waals surface area contributed by atoms with Crippen LogP contribution in [0.3, 0.4) is 0 Å². The standard InChI is InChI=1S/C6H8O7.C3H8O3.3Na/c7-3(8)1-6(13,5(11)12)2-4(9)10;4-1-3(6)2-5;;;/h13H,1-2H2,(H,7,8)(H,9,10)(H,11,12);3-6H,1-2H2;;;/q;;3*+1/p-3. The van der Waals surface area contributed by atoms with Gasteiger partial charge in [0, 0.05) is 24.8 Å². The van der Waals surface area contributed by atoms with Crippen LogP contribution >= 0.6 is 0 Å². The minimum atomic E-state index is -2.97. The fourth-order valence-corrected chi connectivity index (χ4v) is 0.742. The maximum atomic E-state index is 10.1. The van der Waals surface area contributed by atoms with Crippen molar-refractivity contribution in [2.24, 2.45) is 0 Å². The summed E-state index contributed by atoms with van der Waals surface area (Å²) < 4.78 is 0. The average molecular weight is 350 g/mol. The van der Waals surface area contributed by atoms with Crippen molar-refractivity contribution in [3.63, 3.8) is 0 Å². The summed E-state index contributed by atoms with van der Waals surface area (Å²) in [6.07, 6.45) is -3.67. The van der Waals surface area contributed by atoms with Crippen molar-refractivity contribution in [1.29, 1.82) is 0 Å². The minimum absolute atomic E-state index is 0. The molecule has 10 nitrogen and oxygen atoms in total. The Bertz CT molecular complexity index is 305. The number of hydrogen-bond acceptors (Lipinski definition) is 10. The van der Waals surface area contributed by atoms with Gasteiger partial charge in [0.25, 0.3) is 0 Å². The molecule has 0 radical (unpaired) electrons. The van der Waals surface area contributed by atoms with E-state index in [1.807, 2.05) is 0 Å². The Morgan fingerprint density at radius 3 is 1.23 bits per heavy atom. The monoisotopic (exact) mass is 350 g/mol. The molecule has 0 bridgehead atoms. The number of aliphatic carboxylic acids is 3. The molecule has 0 heterocycles. The van der Waals surface area contributed by atoms with Gasteiger partial charge in [-0.1, -0.05) is 0 Å². The molecule has 4 N–H and O–H groups in total. The number of aliphatic hydroxyl groups is 4. The first kappa shape index (κ1) is 34.6. The first-order valence-corrected chi connectivity index (χ1v) is 4.82. The van der Waals surface area contributed by atoms with E-state index < -0.39 is 42.5 Å². The molecule has 13 heteroatoms. The predicted molar refractivity (Wildman–Crippen MR) is 49.4 cm³/mol. The third-order valence-corrected chi connectivity index (χ3v) is 1.68. The fourth-order valence-electron chi connectivity index (χ4n) is 0.742. The maximum absolute atomic E-state index is 10.1. The van der Waals surface area contributed by atoms with Gasteiger partial charge in [0.05, 0.1) is 19.2 Å². The van der Waals surface area contributed by atoms with Gasteiger partial charge in [0.1, 0.15) is 11.7 Å². The molecular formula is C9H13Na3O10. The van der Waals surface area contributed by atoms with Gasteiger partial charge < -0.3 is 50.1 Å². The van der Waals surface area contributed by atoms with Crippen molar-refractivity contribution >= 4 is 17.9 Å². The fraction of sp³-hybridized carbons (Fsp3) is 0.667. The Balaban J connectivity index is -0.0000000933. The minimum Gasteiger partial charge on any atom is -0.550 e. The van der Waals surface area contributed by atoms with Gasteiger partial charge in [0.2, 0.25) is 0 Å². The molecule has 0 amide bonds. The van der Waals surface area contributed by atoms with Gasteiger partial charge in [0.15, 0.2) is 0 Å². The second kappa shape index (κ2) is 18.6. The van der Waals surface area contributed by atoms with E-state index in [1.165, 1.54) is 0 Å². The third-order valence-electron chi connectivity index (χ3n) is 1.68. The molecule has 22 heavy (non-hydrogen) atoms. The average Bonchev–Trinajstić information content (AvgIpc) is 2.26. The molecule has 0 saturated carbocycles. The summed E-state index contributed by atoms with van der Waals surface area (Å²) in [6, 6.07) is 0. The summed E-state index contributed by atoms with van der Waals surface area (Å²) in [6.45, 7) is -0.729. The van der Waals surface area contributed by atoms with Crippen molar-refractivity contribution in [1.82, 2.24) is 0 Å². The number of carboxylic acids is 3. The Labute approximate surface area is 192 Å². The first-order chi connectivity index (χ1) is 8.58. The van der Waals surface area contributed by atoms with E-state index in [0.717, 1.165) is 0 Å². The molecular weight excluding hydrogens is 337 g/mol. The summed E-state index contributed by atoms with van der Waals surface area (Å²) in [5.41, 5.74) is -2.97. The number of aliphatic hydroxyl groups excluding tert-OH is 3.